The topological polar surface area (TPSA) is 29.3 Å². The number of likely N-dealkylation sites (N-methyl/N-ethyl adjacent to an activating group) is 1. The van der Waals surface area contributed by atoms with Gasteiger partial charge in [0.25, 0.3) is 0 Å². The number of benzene rings is 1. The van der Waals surface area contributed by atoms with E-state index in [4.69, 9.17) is 5.73 Å². The van der Waals surface area contributed by atoms with Gasteiger partial charge in [-0.25, -0.2) is 0 Å². The van der Waals surface area contributed by atoms with E-state index in [9.17, 15) is 0 Å². The van der Waals surface area contributed by atoms with Crippen LogP contribution in [0.1, 0.15) is 61.3 Å². The zero-order valence-corrected chi connectivity index (χ0v) is 13.4. The number of hydrogen-bond acceptors (Lipinski definition) is 2. The van der Waals surface area contributed by atoms with Crippen LogP contribution in [0.4, 0.5) is 0 Å². The van der Waals surface area contributed by atoms with Crippen LogP contribution in [0.2, 0.25) is 0 Å². The Kier molecular flexibility index (Phi) is 5.62. The van der Waals surface area contributed by atoms with Gasteiger partial charge >= 0.3 is 0 Å². The van der Waals surface area contributed by atoms with Gasteiger partial charge in [-0.05, 0) is 50.4 Å². The molecule has 0 amide bonds. The van der Waals surface area contributed by atoms with E-state index in [2.05, 4.69) is 44.0 Å². The van der Waals surface area contributed by atoms with Crippen LogP contribution in [0.5, 0.6) is 0 Å². The third kappa shape index (κ3) is 3.42. The Hall–Kier alpha value is -0.860. The second-order valence-corrected chi connectivity index (χ2v) is 6.37. The summed E-state index contributed by atoms with van der Waals surface area (Å²) >= 11 is 0. The SMILES string of the molecule is Cc1cccc(C)c1C(CN)N(C)C1CCCCCC1. The van der Waals surface area contributed by atoms with Gasteiger partial charge in [0.05, 0.1) is 0 Å². The first-order valence-electron chi connectivity index (χ1n) is 8.13. The Bertz CT molecular complexity index is 399. The van der Waals surface area contributed by atoms with Crippen LogP contribution in [-0.2, 0) is 0 Å². The molecule has 0 aromatic heterocycles. The first-order valence-corrected chi connectivity index (χ1v) is 8.13. The molecular weight excluding hydrogens is 244 g/mol. The molecule has 2 heteroatoms. The van der Waals surface area contributed by atoms with Gasteiger partial charge in [-0.15, -0.1) is 0 Å². The van der Waals surface area contributed by atoms with Crippen molar-refractivity contribution in [3.63, 3.8) is 0 Å². The minimum atomic E-state index is 0.360. The number of nitrogens with zero attached hydrogens (tertiary/aromatic N) is 1. The van der Waals surface area contributed by atoms with Crippen LogP contribution < -0.4 is 5.73 Å². The second kappa shape index (κ2) is 7.24. The minimum Gasteiger partial charge on any atom is -0.329 e. The molecule has 0 heterocycles. The molecule has 2 N–H and O–H groups in total. The molecule has 0 aliphatic heterocycles. The summed E-state index contributed by atoms with van der Waals surface area (Å²) in [6.07, 6.45) is 8.22. The normalized spacial score (nSPS) is 19.1. The largest absolute Gasteiger partial charge is 0.329 e. The van der Waals surface area contributed by atoms with Crippen LogP contribution in [0.3, 0.4) is 0 Å². The van der Waals surface area contributed by atoms with Gasteiger partial charge in [0.1, 0.15) is 0 Å². The van der Waals surface area contributed by atoms with E-state index >= 15 is 0 Å². The fourth-order valence-electron chi connectivity index (χ4n) is 3.76. The quantitative estimate of drug-likeness (QED) is 0.842. The van der Waals surface area contributed by atoms with Crippen molar-refractivity contribution in [2.75, 3.05) is 13.6 Å². The zero-order chi connectivity index (χ0) is 14.5. The maximum Gasteiger partial charge on any atom is 0.0475 e. The zero-order valence-electron chi connectivity index (χ0n) is 13.4. The van der Waals surface area contributed by atoms with E-state index in [1.165, 1.54) is 55.2 Å². The summed E-state index contributed by atoms with van der Waals surface area (Å²) in [6, 6.07) is 7.63. The fourth-order valence-corrected chi connectivity index (χ4v) is 3.76. The predicted octanol–water partition coefficient (Wildman–Crippen LogP) is 3.96. The lowest BCUT2D eigenvalue weighted by Gasteiger charge is -2.36. The lowest BCUT2D eigenvalue weighted by atomic mass is 9.93. The van der Waals surface area contributed by atoms with E-state index in [-0.39, 0.29) is 0 Å². The molecule has 1 aliphatic carbocycles. The highest BCUT2D eigenvalue weighted by Crippen LogP contribution is 2.31. The van der Waals surface area contributed by atoms with Crippen molar-refractivity contribution < 1.29 is 0 Å². The number of hydrogen-bond donors (Lipinski definition) is 1. The maximum atomic E-state index is 6.15. The van der Waals surface area contributed by atoms with Crippen molar-refractivity contribution in [3.05, 3.63) is 34.9 Å². The molecule has 0 bridgehead atoms. The summed E-state index contributed by atoms with van der Waals surface area (Å²) in [6.45, 7) is 5.14. The van der Waals surface area contributed by atoms with Gasteiger partial charge in [0, 0.05) is 18.6 Å². The van der Waals surface area contributed by atoms with Crippen LogP contribution in [0.15, 0.2) is 18.2 Å². The van der Waals surface area contributed by atoms with Gasteiger partial charge in [-0.1, -0.05) is 43.9 Å². The van der Waals surface area contributed by atoms with Crippen molar-refractivity contribution >= 4 is 0 Å². The van der Waals surface area contributed by atoms with Crippen LogP contribution in [0, 0.1) is 13.8 Å². The van der Waals surface area contributed by atoms with Crippen LogP contribution in [-0.4, -0.2) is 24.5 Å². The number of rotatable bonds is 4. The highest BCUT2D eigenvalue weighted by molar-refractivity contribution is 5.36. The minimum absolute atomic E-state index is 0.360. The molecule has 112 valence electrons. The maximum absolute atomic E-state index is 6.15. The van der Waals surface area contributed by atoms with Crippen molar-refractivity contribution in [1.29, 1.82) is 0 Å². The van der Waals surface area contributed by atoms with Gasteiger partial charge < -0.3 is 5.73 Å². The molecule has 1 saturated carbocycles. The molecule has 1 fully saturated rings. The van der Waals surface area contributed by atoms with Gasteiger partial charge in [0.2, 0.25) is 0 Å². The Morgan fingerprint density at radius 2 is 1.65 bits per heavy atom. The first kappa shape index (κ1) is 15.5. The average molecular weight is 274 g/mol. The Labute approximate surface area is 124 Å². The number of nitrogens with two attached hydrogens (primary N) is 1. The van der Waals surface area contributed by atoms with Crippen molar-refractivity contribution in [2.45, 2.75) is 64.5 Å². The molecule has 0 radical (unpaired) electrons. The summed E-state index contributed by atoms with van der Waals surface area (Å²) in [5.74, 6) is 0. The molecule has 2 rings (SSSR count). The second-order valence-electron chi connectivity index (χ2n) is 6.37. The van der Waals surface area contributed by atoms with Crippen LogP contribution >= 0.6 is 0 Å². The van der Waals surface area contributed by atoms with Gasteiger partial charge in [-0.3, -0.25) is 4.90 Å². The standard InChI is InChI=1S/C18H30N2/c1-14-9-8-10-15(2)18(14)17(13-19)20(3)16-11-6-4-5-7-12-16/h8-10,16-17H,4-7,11-13,19H2,1-3H3. The monoisotopic (exact) mass is 274 g/mol. The molecule has 20 heavy (non-hydrogen) atoms. The third-order valence-electron chi connectivity index (χ3n) is 4.99. The Morgan fingerprint density at radius 1 is 1.10 bits per heavy atom. The third-order valence-corrected chi connectivity index (χ3v) is 4.99. The van der Waals surface area contributed by atoms with Gasteiger partial charge in [-0.2, -0.15) is 0 Å². The lowest BCUT2D eigenvalue weighted by Crippen LogP contribution is -2.39. The molecule has 2 nitrogen and oxygen atoms in total. The van der Waals surface area contributed by atoms with E-state index in [0.29, 0.717) is 18.6 Å². The summed E-state index contributed by atoms with van der Waals surface area (Å²) < 4.78 is 0. The Balaban J connectivity index is 2.22. The summed E-state index contributed by atoms with van der Waals surface area (Å²) in [4.78, 5) is 2.56. The van der Waals surface area contributed by atoms with E-state index in [1.807, 2.05) is 0 Å². The summed E-state index contributed by atoms with van der Waals surface area (Å²) in [5, 5.41) is 0. The van der Waals surface area contributed by atoms with E-state index in [0.717, 1.165) is 0 Å². The molecule has 1 aromatic carbocycles. The molecular formula is C18H30N2. The Morgan fingerprint density at radius 3 is 2.15 bits per heavy atom. The molecule has 0 saturated heterocycles. The van der Waals surface area contributed by atoms with Crippen molar-refractivity contribution in [2.24, 2.45) is 5.73 Å². The van der Waals surface area contributed by atoms with E-state index in [1.54, 1.807) is 0 Å². The highest BCUT2D eigenvalue weighted by Gasteiger charge is 2.25. The van der Waals surface area contributed by atoms with E-state index < -0.39 is 0 Å². The predicted molar refractivity (Wildman–Crippen MR) is 87.0 cm³/mol. The van der Waals surface area contributed by atoms with Gasteiger partial charge in [0.15, 0.2) is 0 Å². The molecule has 1 atom stereocenters. The van der Waals surface area contributed by atoms with Crippen LogP contribution in [0.25, 0.3) is 0 Å². The molecule has 1 aromatic rings. The van der Waals surface area contributed by atoms with Crippen molar-refractivity contribution in [3.8, 4) is 0 Å². The lowest BCUT2D eigenvalue weighted by molar-refractivity contribution is 0.160. The number of aryl methyl sites for hydroxylation is 2. The van der Waals surface area contributed by atoms with Crippen molar-refractivity contribution in [1.82, 2.24) is 4.90 Å². The molecule has 0 spiro atoms. The highest BCUT2D eigenvalue weighted by atomic mass is 15.2. The average Bonchev–Trinajstić information content (AvgIpc) is 2.71. The summed E-state index contributed by atoms with van der Waals surface area (Å²) in [5.41, 5.74) is 10.3. The fraction of sp³-hybridized carbons (Fsp3) is 0.667. The molecule has 1 unspecified atom stereocenters. The smallest absolute Gasteiger partial charge is 0.0475 e. The summed E-state index contributed by atoms with van der Waals surface area (Å²) in [7, 11) is 2.28. The molecule has 1 aliphatic rings. The first-order chi connectivity index (χ1) is 9.65.